The van der Waals surface area contributed by atoms with Gasteiger partial charge in [-0.25, -0.2) is 8.78 Å². The zero-order valence-electron chi connectivity index (χ0n) is 9.58. The van der Waals surface area contributed by atoms with E-state index < -0.39 is 23.5 Å². The molecule has 0 fully saturated rings. The Bertz CT molecular complexity index is 446. The predicted octanol–water partition coefficient (Wildman–Crippen LogP) is 2.17. The van der Waals surface area contributed by atoms with E-state index in [0.717, 1.165) is 6.07 Å². The molecule has 6 heteroatoms. The second-order valence-electron chi connectivity index (χ2n) is 3.38. The highest BCUT2D eigenvalue weighted by Gasteiger charge is 2.28. The summed E-state index contributed by atoms with van der Waals surface area (Å²) in [6.45, 7) is 1.24. The number of aliphatic carboxylic acids is 1. The Morgan fingerprint density at radius 2 is 1.94 bits per heavy atom. The van der Waals surface area contributed by atoms with Crippen LogP contribution in [0.15, 0.2) is 6.07 Å². The van der Waals surface area contributed by atoms with Gasteiger partial charge < -0.3 is 14.6 Å². The van der Waals surface area contributed by atoms with Crippen molar-refractivity contribution in [2.75, 3.05) is 14.2 Å². The molecule has 0 aliphatic heterocycles. The summed E-state index contributed by atoms with van der Waals surface area (Å²) in [6, 6.07) is 0.812. The molecule has 1 rings (SSSR count). The van der Waals surface area contributed by atoms with Gasteiger partial charge in [0.25, 0.3) is 0 Å². The molecule has 0 radical (unpaired) electrons. The maximum Gasteiger partial charge on any atom is 0.310 e. The molecule has 0 aliphatic rings. The first-order valence-corrected chi connectivity index (χ1v) is 4.76. The van der Waals surface area contributed by atoms with Gasteiger partial charge >= 0.3 is 5.97 Å². The number of rotatable bonds is 4. The number of benzene rings is 1. The molecule has 4 nitrogen and oxygen atoms in total. The van der Waals surface area contributed by atoms with Gasteiger partial charge in [-0.1, -0.05) is 0 Å². The summed E-state index contributed by atoms with van der Waals surface area (Å²) in [5.74, 6) is -5.09. The second-order valence-corrected chi connectivity index (χ2v) is 3.38. The minimum Gasteiger partial charge on any atom is -0.493 e. The van der Waals surface area contributed by atoms with Crippen LogP contribution in [0.4, 0.5) is 8.78 Å². The van der Waals surface area contributed by atoms with Gasteiger partial charge in [-0.05, 0) is 6.92 Å². The van der Waals surface area contributed by atoms with Crippen LogP contribution in [0, 0.1) is 11.6 Å². The molecule has 0 bridgehead atoms. The lowest BCUT2D eigenvalue weighted by Gasteiger charge is -2.16. The van der Waals surface area contributed by atoms with Crippen molar-refractivity contribution < 1.29 is 28.2 Å². The molecule has 0 spiro atoms. The lowest BCUT2D eigenvalue weighted by atomic mass is 9.98. The van der Waals surface area contributed by atoms with Crippen LogP contribution < -0.4 is 9.47 Å². The summed E-state index contributed by atoms with van der Waals surface area (Å²) in [5.41, 5.74) is -0.364. The van der Waals surface area contributed by atoms with Gasteiger partial charge in [0, 0.05) is 6.07 Å². The van der Waals surface area contributed by atoms with Crippen LogP contribution in [-0.2, 0) is 4.79 Å². The summed E-state index contributed by atoms with van der Waals surface area (Å²) < 4.78 is 36.6. The lowest BCUT2D eigenvalue weighted by molar-refractivity contribution is -0.138. The van der Waals surface area contributed by atoms with Crippen molar-refractivity contribution in [3.63, 3.8) is 0 Å². The number of ether oxygens (including phenoxy) is 2. The van der Waals surface area contributed by atoms with E-state index in [1.54, 1.807) is 0 Å². The largest absolute Gasteiger partial charge is 0.493 e. The fourth-order valence-electron chi connectivity index (χ4n) is 1.48. The van der Waals surface area contributed by atoms with Crippen molar-refractivity contribution in [3.8, 4) is 11.5 Å². The van der Waals surface area contributed by atoms with Crippen molar-refractivity contribution >= 4 is 5.97 Å². The van der Waals surface area contributed by atoms with E-state index in [-0.39, 0.29) is 17.1 Å². The molecule has 0 saturated carbocycles. The first-order chi connectivity index (χ1) is 7.93. The van der Waals surface area contributed by atoms with Crippen molar-refractivity contribution in [2.45, 2.75) is 12.8 Å². The summed E-state index contributed by atoms with van der Waals surface area (Å²) >= 11 is 0. The second kappa shape index (κ2) is 4.99. The van der Waals surface area contributed by atoms with Gasteiger partial charge in [0.05, 0.1) is 25.7 Å². The standard InChI is InChI=1S/C11H12F2O4/c1-5(11(14)15)8-9(13)6(12)4-7(16-2)10(8)17-3/h4-5H,1-3H3,(H,14,15). The van der Waals surface area contributed by atoms with Gasteiger partial charge in [0.15, 0.2) is 23.1 Å². The Morgan fingerprint density at radius 1 is 1.35 bits per heavy atom. The van der Waals surface area contributed by atoms with Crippen LogP contribution in [0.25, 0.3) is 0 Å². The molecule has 0 amide bonds. The molecule has 1 unspecified atom stereocenters. The Kier molecular flexibility index (Phi) is 3.88. The van der Waals surface area contributed by atoms with Gasteiger partial charge in [-0.2, -0.15) is 0 Å². The van der Waals surface area contributed by atoms with Crippen LogP contribution in [0.2, 0.25) is 0 Å². The zero-order chi connectivity index (χ0) is 13.2. The average Bonchev–Trinajstić information content (AvgIpc) is 2.30. The van der Waals surface area contributed by atoms with Gasteiger partial charge in [-0.3, -0.25) is 4.79 Å². The van der Waals surface area contributed by atoms with Crippen LogP contribution >= 0.6 is 0 Å². The van der Waals surface area contributed by atoms with Gasteiger partial charge in [0.1, 0.15) is 0 Å². The molecule has 1 aromatic carbocycles. The van der Waals surface area contributed by atoms with E-state index in [9.17, 15) is 13.6 Å². The van der Waals surface area contributed by atoms with E-state index in [0.29, 0.717) is 0 Å². The third-order valence-corrected chi connectivity index (χ3v) is 2.40. The molecule has 0 saturated heterocycles. The smallest absolute Gasteiger partial charge is 0.310 e. The summed E-state index contributed by atoms with van der Waals surface area (Å²) in [7, 11) is 2.48. The molecule has 0 aromatic heterocycles. The van der Waals surface area contributed by atoms with Crippen LogP contribution in [0.1, 0.15) is 18.4 Å². The highest BCUT2D eigenvalue weighted by atomic mass is 19.2. The maximum atomic E-state index is 13.6. The number of hydrogen-bond donors (Lipinski definition) is 1. The van der Waals surface area contributed by atoms with Crippen molar-refractivity contribution in [1.29, 1.82) is 0 Å². The molecular weight excluding hydrogens is 234 g/mol. The molecular formula is C11H12F2O4. The summed E-state index contributed by atoms with van der Waals surface area (Å²) in [6.07, 6.45) is 0. The van der Waals surface area contributed by atoms with E-state index in [1.807, 2.05) is 0 Å². The van der Waals surface area contributed by atoms with E-state index >= 15 is 0 Å². The summed E-state index contributed by atoms with van der Waals surface area (Å²) in [4.78, 5) is 10.8. The average molecular weight is 246 g/mol. The van der Waals surface area contributed by atoms with Crippen LogP contribution in [0.3, 0.4) is 0 Å². The number of methoxy groups -OCH3 is 2. The van der Waals surface area contributed by atoms with Crippen LogP contribution in [-0.4, -0.2) is 25.3 Å². The number of carboxylic acid groups (broad SMARTS) is 1. The quantitative estimate of drug-likeness (QED) is 0.884. The normalized spacial score (nSPS) is 12.1. The third kappa shape index (κ3) is 2.30. The lowest BCUT2D eigenvalue weighted by Crippen LogP contribution is -2.13. The van der Waals surface area contributed by atoms with Crippen molar-refractivity contribution in [2.24, 2.45) is 0 Å². The number of carboxylic acids is 1. The Morgan fingerprint density at radius 3 is 2.35 bits per heavy atom. The van der Waals surface area contributed by atoms with E-state index in [4.69, 9.17) is 14.6 Å². The maximum absolute atomic E-state index is 13.6. The molecule has 1 atom stereocenters. The van der Waals surface area contributed by atoms with E-state index in [2.05, 4.69) is 0 Å². The minimum atomic E-state index is -1.28. The van der Waals surface area contributed by atoms with Gasteiger partial charge in [-0.15, -0.1) is 0 Å². The predicted molar refractivity (Wildman–Crippen MR) is 55.5 cm³/mol. The molecule has 0 heterocycles. The highest BCUT2D eigenvalue weighted by Crippen LogP contribution is 2.38. The monoisotopic (exact) mass is 246 g/mol. The third-order valence-electron chi connectivity index (χ3n) is 2.40. The Hall–Kier alpha value is -1.85. The van der Waals surface area contributed by atoms with E-state index in [1.165, 1.54) is 21.1 Å². The zero-order valence-corrected chi connectivity index (χ0v) is 9.58. The summed E-state index contributed by atoms with van der Waals surface area (Å²) in [5, 5.41) is 8.85. The van der Waals surface area contributed by atoms with Gasteiger partial charge in [0.2, 0.25) is 0 Å². The molecule has 17 heavy (non-hydrogen) atoms. The highest BCUT2D eigenvalue weighted by molar-refractivity contribution is 5.77. The number of halogens is 2. The minimum absolute atomic E-state index is 0.0468. The molecule has 94 valence electrons. The fourth-order valence-corrected chi connectivity index (χ4v) is 1.48. The Labute approximate surface area is 96.8 Å². The number of carbonyl (C=O) groups is 1. The molecule has 1 aromatic rings. The number of hydrogen-bond acceptors (Lipinski definition) is 3. The fraction of sp³-hybridized carbons (Fsp3) is 0.364. The molecule has 1 N–H and O–H groups in total. The van der Waals surface area contributed by atoms with Crippen LogP contribution in [0.5, 0.6) is 11.5 Å². The van der Waals surface area contributed by atoms with Crippen molar-refractivity contribution in [1.82, 2.24) is 0 Å². The van der Waals surface area contributed by atoms with Crippen molar-refractivity contribution in [3.05, 3.63) is 23.3 Å². The Balaban J connectivity index is 3.53. The first kappa shape index (κ1) is 13.2. The molecule has 0 aliphatic carbocycles. The first-order valence-electron chi connectivity index (χ1n) is 4.76. The SMILES string of the molecule is COc1cc(F)c(F)c(C(C)C(=O)O)c1OC. The topological polar surface area (TPSA) is 55.8 Å².